The molecule has 1 aromatic heterocycles. The fourth-order valence-electron chi connectivity index (χ4n) is 9.94. The molecule has 2 saturated heterocycles. The molecule has 20 heteroatoms. The number of amides is 7. The molecule has 81 heavy (non-hydrogen) atoms. The molecule has 5 aromatic rings. The number of piperidine rings is 1. The predicted molar refractivity (Wildman–Crippen MR) is 302 cm³/mol. The van der Waals surface area contributed by atoms with Gasteiger partial charge in [0, 0.05) is 94.2 Å². The van der Waals surface area contributed by atoms with Gasteiger partial charge in [0.05, 0.1) is 69.7 Å². The molecule has 3 aliphatic heterocycles. The number of nitrogens with one attached hydrogen (secondary N) is 3. The largest absolute Gasteiger partial charge is 0.378 e. The van der Waals surface area contributed by atoms with E-state index < -0.39 is 29.7 Å². The Labute approximate surface area is 471 Å². The summed E-state index contributed by atoms with van der Waals surface area (Å²) in [4.78, 5) is 113. The van der Waals surface area contributed by atoms with Crippen LogP contribution in [0.25, 0.3) is 11.3 Å². The molecule has 0 spiro atoms. The molecule has 0 saturated carbocycles. The lowest BCUT2D eigenvalue weighted by Gasteiger charge is -2.34. The third-order valence-electron chi connectivity index (χ3n) is 14.7. The number of aryl methyl sites for hydroxylation is 2. The molecule has 7 amide bonds. The van der Waals surface area contributed by atoms with Crippen molar-refractivity contribution in [1.29, 1.82) is 0 Å². The summed E-state index contributed by atoms with van der Waals surface area (Å²) in [6, 6.07) is 24.4. The van der Waals surface area contributed by atoms with Crippen molar-refractivity contribution in [2.45, 2.75) is 71.3 Å². The van der Waals surface area contributed by atoms with E-state index in [1.165, 1.54) is 10.6 Å². The van der Waals surface area contributed by atoms with Crippen molar-refractivity contribution in [2.24, 2.45) is 7.05 Å². The van der Waals surface area contributed by atoms with E-state index in [1.807, 2.05) is 66.4 Å². The van der Waals surface area contributed by atoms with Gasteiger partial charge in [0.15, 0.2) is 0 Å². The Balaban J connectivity index is 0.649. The third-order valence-corrected chi connectivity index (χ3v) is 14.7. The molecule has 0 radical (unpaired) electrons. The average Bonchev–Trinajstić information content (AvgIpc) is 3.64. The summed E-state index contributed by atoms with van der Waals surface area (Å²) in [7, 11) is 1.70. The van der Waals surface area contributed by atoms with E-state index in [0.29, 0.717) is 93.1 Å². The van der Waals surface area contributed by atoms with Crippen LogP contribution in [0.3, 0.4) is 0 Å². The summed E-state index contributed by atoms with van der Waals surface area (Å²) in [5, 5.41) is 8.03. The molecule has 2 fully saturated rings. The maximum Gasteiger partial charge on any atom is 0.272 e. The van der Waals surface area contributed by atoms with E-state index in [9.17, 15) is 38.4 Å². The van der Waals surface area contributed by atoms with Crippen LogP contribution in [0.5, 0.6) is 0 Å². The van der Waals surface area contributed by atoms with E-state index in [0.717, 1.165) is 46.8 Å². The van der Waals surface area contributed by atoms with Crippen molar-refractivity contribution >= 4 is 47.0 Å². The maximum absolute atomic E-state index is 13.5. The number of piperazine rings is 1. The number of nitrogens with zero attached hydrogens (tertiary/aromatic N) is 5. The summed E-state index contributed by atoms with van der Waals surface area (Å²) in [6.07, 6.45) is 2.38. The number of carbonyl (C=O) groups is 7. The molecule has 8 rings (SSSR count). The molecule has 0 aliphatic carbocycles. The molecule has 3 N–H and O–H groups in total. The van der Waals surface area contributed by atoms with E-state index in [4.69, 9.17) is 23.9 Å². The molecule has 4 aromatic carbocycles. The predicted octanol–water partition coefficient (Wildman–Crippen LogP) is 4.87. The first kappa shape index (κ1) is 59.4. The second-order valence-electron chi connectivity index (χ2n) is 21.3. The Morgan fingerprint density at radius 1 is 0.728 bits per heavy atom. The van der Waals surface area contributed by atoms with Crippen LogP contribution in [0.4, 0.5) is 5.69 Å². The van der Waals surface area contributed by atoms with Crippen LogP contribution in [-0.2, 0) is 58.6 Å². The zero-order valence-corrected chi connectivity index (χ0v) is 46.8. The molecule has 0 bridgehead atoms. The topological polar surface area (TPSA) is 237 Å². The zero-order valence-electron chi connectivity index (χ0n) is 46.8. The van der Waals surface area contributed by atoms with Gasteiger partial charge in [-0.1, -0.05) is 69.3 Å². The summed E-state index contributed by atoms with van der Waals surface area (Å²) in [5.74, 6) is -2.81. The van der Waals surface area contributed by atoms with E-state index in [-0.39, 0.29) is 85.1 Å². The van der Waals surface area contributed by atoms with Crippen LogP contribution in [0.15, 0.2) is 95.9 Å². The van der Waals surface area contributed by atoms with Gasteiger partial charge in [-0.3, -0.25) is 53.5 Å². The lowest BCUT2D eigenvalue weighted by Crippen LogP contribution is -2.54. The van der Waals surface area contributed by atoms with Crippen LogP contribution in [-0.4, -0.2) is 164 Å². The van der Waals surface area contributed by atoms with E-state index >= 15 is 0 Å². The van der Waals surface area contributed by atoms with Crippen molar-refractivity contribution in [3.8, 4) is 11.3 Å². The van der Waals surface area contributed by atoms with Crippen LogP contribution in [0.1, 0.15) is 109 Å². The van der Waals surface area contributed by atoms with Gasteiger partial charge in [0.1, 0.15) is 11.7 Å². The Bertz CT molecular complexity index is 3160. The van der Waals surface area contributed by atoms with Crippen LogP contribution >= 0.6 is 0 Å². The maximum atomic E-state index is 13.5. The van der Waals surface area contributed by atoms with Gasteiger partial charge in [0.2, 0.25) is 17.7 Å². The highest BCUT2D eigenvalue weighted by Crippen LogP contribution is 2.32. The van der Waals surface area contributed by atoms with Gasteiger partial charge < -0.3 is 39.0 Å². The first-order chi connectivity index (χ1) is 39.0. The molecule has 1 atom stereocenters. The molecular weight excluding hydrogens is 1040 g/mol. The Morgan fingerprint density at radius 3 is 2.02 bits per heavy atom. The van der Waals surface area contributed by atoms with Crippen molar-refractivity contribution in [3.05, 3.63) is 152 Å². The van der Waals surface area contributed by atoms with Gasteiger partial charge in [-0.2, -0.15) is 0 Å². The van der Waals surface area contributed by atoms with Crippen LogP contribution < -0.4 is 21.5 Å². The number of carbonyl (C=O) groups excluding carboxylic acids is 7. The highest BCUT2D eigenvalue weighted by atomic mass is 16.6. The highest BCUT2D eigenvalue weighted by Gasteiger charge is 2.45. The van der Waals surface area contributed by atoms with Gasteiger partial charge in [-0.15, -0.1) is 0 Å². The number of anilines is 1. The van der Waals surface area contributed by atoms with Crippen LogP contribution in [0.2, 0.25) is 0 Å². The first-order valence-electron chi connectivity index (χ1n) is 27.6. The standard InChI is InChI=1S/C61H72N8O12/c1-40-46(9-7-11-48(40)64-55(72)43-16-19-45(20-17-43)61(2,3)4)50-39-66(5)59(76)49(63-50)38-41-12-14-44(15-13-41)57(74)68-27-25-67(26-28-68)29-31-79-33-35-81-37-36-80-34-32-78-30-24-62-52(70)22-18-42-8-6-10-47-54(42)60(77)69(58(47)75)51-21-23-53(71)65-56(51)73/h6-17,19-20,39,51H,18,21-38H2,1-5H3,(H,62,70)(H,64,72)(H,65,71,73). The average molecular weight is 1110 g/mol. The first-order valence-corrected chi connectivity index (χ1v) is 27.6. The number of aromatic nitrogens is 2. The third kappa shape index (κ3) is 15.4. The molecule has 428 valence electrons. The molecule has 20 nitrogen and oxygen atoms in total. The number of imide groups is 2. The summed E-state index contributed by atoms with van der Waals surface area (Å²) < 4.78 is 24.1. The summed E-state index contributed by atoms with van der Waals surface area (Å²) in [5.41, 5.74) is 7.06. The number of fused-ring (bicyclic) bond motifs is 1. The number of rotatable bonds is 25. The van der Waals surface area contributed by atoms with Crippen molar-refractivity contribution in [2.75, 3.05) is 97.4 Å². The van der Waals surface area contributed by atoms with Gasteiger partial charge in [-0.25, -0.2) is 4.98 Å². The van der Waals surface area contributed by atoms with E-state index in [2.05, 4.69) is 41.6 Å². The minimum Gasteiger partial charge on any atom is -0.378 e. The van der Waals surface area contributed by atoms with Crippen molar-refractivity contribution in [3.63, 3.8) is 0 Å². The molecule has 4 heterocycles. The fraction of sp³-hybridized carbons (Fsp3) is 0.426. The Hall–Kier alpha value is -7.75. The molecule has 1 unspecified atom stereocenters. The van der Waals surface area contributed by atoms with Gasteiger partial charge in [0.25, 0.3) is 29.2 Å². The number of benzene rings is 4. The lowest BCUT2D eigenvalue weighted by molar-refractivity contribution is -0.136. The smallest absolute Gasteiger partial charge is 0.272 e. The van der Waals surface area contributed by atoms with Gasteiger partial charge >= 0.3 is 0 Å². The Kier molecular flexibility index (Phi) is 20.2. The van der Waals surface area contributed by atoms with Crippen LogP contribution in [0, 0.1) is 6.92 Å². The van der Waals surface area contributed by atoms with Crippen molar-refractivity contribution in [1.82, 2.24) is 34.9 Å². The monoisotopic (exact) mass is 1110 g/mol. The normalized spacial score (nSPS) is 15.7. The molecular formula is C61H72N8O12. The number of hydrogen-bond donors (Lipinski definition) is 3. The second-order valence-corrected chi connectivity index (χ2v) is 21.3. The second kappa shape index (κ2) is 27.6. The summed E-state index contributed by atoms with van der Waals surface area (Å²) in [6.45, 7) is 15.2. The molecule has 3 aliphatic rings. The quantitative estimate of drug-likeness (QED) is 0.0523. The number of ether oxygens (including phenoxy) is 4. The SMILES string of the molecule is Cc1c(NC(=O)c2ccc(C(C)(C)C)cc2)cccc1-c1cn(C)c(=O)c(Cc2ccc(C(=O)N3CCN(CCOCCOCCOCCOCCNC(=O)CCc4cccc5c4C(=O)N(C4CCC(=O)NC4=O)C5=O)CC3)cc2)n1. The summed E-state index contributed by atoms with van der Waals surface area (Å²) >= 11 is 0. The lowest BCUT2D eigenvalue weighted by atomic mass is 9.86. The van der Waals surface area contributed by atoms with Crippen molar-refractivity contribution < 1.29 is 52.5 Å². The minimum atomic E-state index is -1.06. The fourth-order valence-corrected chi connectivity index (χ4v) is 9.94. The zero-order chi connectivity index (χ0) is 57.6. The van der Waals surface area contributed by atoms with E-state index in [1.54, 1.807) is 37.5 Å². The highest BCUT2D eigenvalue weighted by molar-refractivity contribution is 6.24. The minimum absolute atomic E-state index is 0.0222. The Morgan fingerprint density at radius 2 is 1.36 bits per heavy atom. The van der Waals surface area contributed by atoms with Gasteiger partial charge in [-0.05, 0) is 83.8 Å². The number of hydrogen-bond acceptors (Lipinski definition) is 14.